The van der Waals surface area contributed by atoms with E-state index in [9.17, 15) is 4.39 Å². The van der Waals surface area contributed by atoms with Crippen LogP contribution in [-0.2, 0) is 24.4 Å². The fourth-order valence-electron chi connectivity index (χ4n) is 3.14. The number of hydrogen-bond donors (Lipinski definition) is 2. The molecule has 0 amide bonds. The van der Waals surface area contributed by atoms with Gasteiger partial charge >= 0.3 is 0 Å². The highest BCUT2D eigenvalue weighted by Gasteiger charge is 2.10. The molecule has 0 bridgehead atoms. The Kier molecular flexibility index (Phi) is 10.4. The number of ether oxygens (including phenoxy) is 1. The highest BCUT2D eigenvalue weighted by molar-refractivity contribution is 14.0. The fraction of sp³-hybridized carbons (Fsp3) is 0.409. The van der Waals surface area contributed by atoms with Gasteiger partial charge in [0.25, 0.3) is 0 Å². The van der Waals surface area contributed by atoms with Crippen molar-refractivity contribution in [2.24, 2.45) is 4.99 Å². The highest BCUT2D eigenvalue weighted by Crippen LogP contribution is 2.11. The summed E-state index contributed by atoms with van der Waals surface area (Å²) < 4.78 is 18.4. The van der Waals surface area contributed by atoms with Gasteiger partial charge in [-0.15, -0.1) is 24.0 Å². The van der Waals surface area contributed by atoms with Crippen LogP contribution in [0.25, 0.3) is 0 Å². The van der Waals surface area contributed by atoms with Gasteiger partial charge in [-0.25, -0.2) is 9.38 Å². The molecule has 1 saturated heterocycles. The molecular formula is C22H30FIN4O. The molecule has 2 aromatic rings. The molecule has 1 aliphatic rings. The molecule has 1 aliphatic heterocycles. The zero-order chi connectivity index (χ0) is 19.6. The van der Waals surface area contributed by atoms with Crippen LogP contribution in [0.1, 0.15) is 23.6 Å². The van der Waals surface area contributed by atoms with Gasteiger partial charge in [0, 0.05) is 32.7 Å². The molecule has 3 rings (SSSR count). The molecule has 0 atom stereocenters. The number of morpholine rings is 1. The summed E-state index contributed by atoms with van der Waals surface area (Å²) in [6, 6.07) is 15.1. The van der Waals surface area contributed by atoms with E-state index in [1.807, 2.05) is 6.92 Å². The van der Waals surface area contributed by atoms with E-state index in [1.54, 1.807) is 12.1 Å². The van der Waals surface area contributed by atoms with E-state index in [2.05, 4.69) is 39.8 Å². The zero-order valence-electron chi connectivity index (χ0n) is 16.9. The van der Waals surface area contributed by atoms with Crippen LogP contribution in [0, 0.1) is 5.82 Å². The number of rotatable bonds is 7. The molecule has 158 valence electrons. The van der Waals surface area contributed by atoms with E-state index in [1.165, 1.54) is 23.3 Å². The second-order valence-electron chi connectivity index (χ2n) is 6.88. The average molecular weight is 512 g/mol. The molecular weight excluding hydrogens is 482 g/mol. The molecule has 0 aliphatic carbocycles. The van der Waals surface area contributed by atoms with Gasteiger partial charge in [-0.3, -0.25) is 4.90 Å². The standard InChI is InChI=1S/C22H29FN4O.HI/c1-2-24-22(25-15-18-6-8-21(23)9-7-18)26-16-19-4-3-5-20(14-19)17-27-10-12-28-13-11-27;/h3-9,14H,2,10-13,15-17H2,1H3,(H2,24,25,26);1H. The van der Waals surface area contributed by atoms with E-state index in [0.29, 0.717) is 13.1 Å². The summed E-state index contributed by atoms with van der Waals surface area (Å²) in [5, 5.41) is 6.56. The Hall–Kier alpha value is -1.71. The summed E-state index contributed by atoms with van der Waals surface area (Å²) >= 11 is 0. The molecule has 2 aromatic carbocycles. The molecule has 0 aromatic heterocycles. The summed E-state index contributed by atoms with van der Waals surface area (Å²) in [6.45, 7) is 8.58. The Balaban J connectivity index is 0.00000300. The number of guanidine groups is 1. The van der Waals surface area contributed by atoms with Crippen LogP contribution < -0.4 is 10.6 Å². The number of benzene rings is 2. The van der Waals surface area contributed by atoms with Crippen molar-refractivity contribution in [3.63, 3.8) is 0 Å². The fourth-order valence-corrected chi connectivity index (χ4v) is 3.14. The predicted molar refractivity (Wildman–Crippen MR) is 126 cm³/mol. The van der Waals surface area contributed by atoms with E-state index in [0.717, 1.165) is 50.9 Å². The minimum Gasteiger partial charge on any atom is -0.379 e. The van der Waals surface area contributed by atoms with Gasteiger partial charge in [0.05, 0.1) is 19.8 Å². The lowest BCUT2D eigenvalue weighted by Crippen LogP contribution is -2.36. The SMILES string of the molecule is CCNC(=NCc1cccc(CN2CCOCC2)c1)NCc1ccc(F)cc1.I. The Bertz CT molecular complexity index is 764. The van der Waals surface area contributed by atoms with E-state index >= 15 is 0 Å². The largest absolute Gasteiger partial charge is 0.379 e. The molecule has 1 fully saturated rings. The summed E-state index contributed by atoms with van der Waals surface area (Å²) in [4.78, 5) is 7.11. The van der Waals surface area contributed by atoms with Crippen molar-refractivity contribution < 1.29 is 9.13 Å². The topological polar surface area (TPSA) is 48.9 Å². The lowest BCUT2D eigenvalue weighted by molar-refractivity contribution is 0.0342. The monoisotopic (exact) mass is 512 g/mol. The van der Waals surface area contributed by atoms with Crippen molar-refractivity contribution in [1.82, 2.24) is 15.5 Å². The number of halogens is 2. The smallest absolute Gasteiger partial charge is 0.191 e. The van der Waals surface area contributed by atoms with Crippen molar-refractivity contribution in [2.45, 2.75) is 26.6 Å². The van der Waals surface area contributed by atoms with Gasteiger partial charge in [0.2, 0.25) is 0 Å². The molecule has 5 nitrogen and oxygen atoms in total. The quantitative estimate of drug-likeness (QED) is 0.339. The number of hydrogen-bond acceptors (Lipinski definition) is 3. The Morgan fingerprint density at radius 2 is 1.76 bits per heavy atom. The van der Waals surface area contributed by atoms with E-state index < -0.39 is 0 Å². The molecule has 2 N–H and O–H groups in total. The maximum absolute atomic E-state index is 13.0. The number of nitrogens with zero attached hydrogens (tertiary/aromatic N) is 2. The Labute approximate surface area is 189 Å². The number of aliphatic imine (C=N–C) groups is 1. The first kappa shape index (κ1) is 23.6. The third-order valence-corrected chi connectivity index (χ3v) is 4.64. The van der Waals surface area contributed by atoms with Gasteiger partial charge in [0.15, 0.2) is 5.96 Å². The maximum atomic E-state index is 13.0. The lowest BCUT2D eigenvalue weighted by atomic mass is 10.1. The predicted octanol–water partition coefficient (Wildman–Crippen LogP) is 3.53. The first-order valence-electron chi connectivity index (χ1n) is 9.87. The van der Waals surface area contributed by atoms with Gasteiger partial charge < -0.3 is 15.4 Å². The lowest BCUT2D eigenvalue weighted by Gasteiger charge is -2.26. The third-order valence-electron chi connectivity index (χ3n) is 4.64. The van der Waals surface area contributed by atoms with Crippen LogP contribution in [-0.4, -0.2) is 43.7 Å². The Morgan fingerprint density at radius 3 is 2.48 bits per heavy atom. The van der Waals surface area contributed by atoms with Crippen LogP contribution in [0.3, 0.4) is 0 Å². The van der Waals surface area contributed by atoms with E-state index in [-0.39, 0.29) is 29.8 Å². The molecule has 29 heavy (non-hydrogen) atoms. The molecule has 0 unspecified atom stereocenters. The minimum atomic E-state index is -0.221. The van der Waals surface area contributed by atoms with Gasteiger partial charge in [0.1, 0.15) is 5.82 Å². The first-order chi connectivity index (χ1) is 13.7. The van der Waals surface area contributed by atoms with Crippen molar-refractivity contribution in [2.75, 3.05) is 32.8 Å². The van der Waals surface area contributed by atoms with Crippen molar-refractivity contribution in [3.05, 3.63) is 71.0 Å². The average Bonchev–Trinajstić information content (AvgIpc) is 2.72. The summed E-state index contributed by atoms with van der Waals surface area (Å²) in [7, 11) is 0. The van der Waals surface area contributed by atoms with Crippen molar-refractivity contribution in [1.29, 1.82) is 0 Å². The zero-order valence-corrected chi connectivity index (χ0v) is 19.2. The Morgan fingerprint density at radius 1 is 1.03 bits per heavy atom. The summed E-state index contributed by atoms with van der Waals surface area (Å²) in [5.74, 6) is 0.534. The second kappa shape index (κ2) is 12.8. The second-order valence-corrected chi connectivity index (χ2v) is 6.88. The minimum absolute atomic E-state index is 0. The first-order valence-corrected chi connectivity index (χ1v) is 9.87. The number of nitrogens with one attached hydrogen (secondary N) is 2. The van der Waals surface area contributed by atoms with Crippen LogP contribution in [0.5, 0.6) is 0 Å². The highest BCUT2D eigenvalue weighted by atomic mass is 127. The van der Waals surface area contributed by atoms with Crippen LogP contribution in [0.4, 0.5) is 4.39 Å². The van der Waals surface area contributed by atoms with Crippen molar-refractivity contribution >= 4 is 29.9 Å². The van der Waals surface area contributed by atoms with Crippen molar-refractivity contribution in [3.8, 4) is 0 Å². The van der Waals surface area contributed by atoms with Gasteiger partial charge in [-0.05, 0) is 35.7 Å². The molecule has 0 spiro atoms. The summed E-state index contributed by atoms with van der Waals surface area (Å²) in [5.41, 5.74) is 3.50. The molecule has 0 saturated carbocycles. The third kappa shape index (κ3) is 8.28. The van der Waals surface area contributed by atoms with Crippen LogP contribution in [0.15, 0.2) is 53.5 Å². The normalized spacial score (nSPS) is 14.9. The molecule has 0 radical (unpaired) electrons. The van der Waals surface area contributed by atoms with E-state index in [4.69, 9.17) is 9.73 Å². The van der Waals surface area contributed by atoms with Crippen LogP contribution in [0.2, 0.25) is 0 Å². The van der Waals surface area contributed by atoms with Gasteiger partial charge in [-0.1, -0.05) is 36.4 Å². The molecule has 1 heterocycles. The maximum Gasteiger partial charge on any atom is 0.191 e. The molecule has 7 heteroatoms. The van der Waals surface area contributed by atoms with Gasteiger partial charge in [-0.2, -0.15) is 0 Å². The van der Waals surface area contributed by atoms with Crippen LogP contribution >= 0.6 is 24.0 Å². The summed E-state index contributed by atoms with van der Waals surface area (Å²) in [6.07, 6.45) is 0.